The number of hydrogen-bond acceptors (Lipinski definition) is 7. The van der Waals surface area contributed by atoms with E-state index in [9.17, 15) is 19.2 Å². The Kier molecular flexibility index (Phi) is 5.62. The molecule has 198 valence electrons. The third-order valence-corrected chi connectivity index (χ3v) is 11.2. The fourth-order valence-electron chi connectivity index (χ4n) is 9.89. The van der Waals surface area contributed by atoms with E-state index in [1.807, 2.05) is 20.8 Å². The van der Waals surface area contributed by atoms with Gasteiger partial charge in [0.2, 0.25) is 0 Å². The molecule has 0 amide bonds. The molecule has 7 nitrogen and oxygen atoms in total. The Labute approximate surface area is 213 Å². The van der Waals surface area contributed by atoms with Crippen LogP contribution in [0.3, 0.4) is 0 Å². The fourth-order valence-corrected chi connectivity index (χ4v) is 9.89. The number of rotatable bonds is 5. The third kappa shape index (κ3) is 3.58. The Morgan fingerprint density at radius 3 is 2.33 bits per heavy atom. The number of hydrogen-bond donors (Lipinski definition) is 0. The van der Waals surface area contributed by atoms with Gasteiger partial charge < -0.3 is 14.2 Å². The predicted octanol–water partition coefficient (Wildman–Crippen LogP) is 4.02. The van der Waals surface area contributed by atoms with Gasteiger partial charge in [0.05, 0.1) is 30.3 Å². The minimum Gasteiger partial charge on any atom is -0.465 e. The second kappa shape index (κ2) is 8.29. The molecule has 0 aromatic carbocycles. The molecule has 13 atom stereocenters. The van der Waals surface area contributed by atoms with Gasteiger partial charge in [-0.15, -0.1) is 0 Å². The number of esters is 4. The molecule has 0 spiro atoms. The van der Waals surface area contributed by atoms with Crippen LogP contribution in [0.1, 0.15) is 66.7 Å². The first-order chi connectivity index (χ1) is 17.0. The van der Waals surface area contributed by atoms with Crippen molar-refractivity contribution in [1.29, 1.82) is 0 Å². The van der Waals surface area contributed by atoms with E-state index in [1.165, 1.54) is 0 Å². The molecule has 6 aliphatic rings. The first-order valence-electron chi connectivity index (χ1n) is 14.1. The van der Waals surface area contributed by atoms with E-state index in [0.29, 0.717) is 42.1 Å². The van der Waals surface area contributed by atoms with Crippen molar-refractivity contribution in [3.8, 4) is 0 Å². The molecule has 0 N–H and O–H groups in total. The van der Waals surface area contributed by atoms with E-state index < -0.39 is 29.4 Å². The van der Waals surface area contributed by atoms with E-state index >= 15 is 0 Å². The summed E-state index contributed by atoms with van der Waals surface area (Å²) in [7, 11) is 0. The zero-order valence-corrected chi connectivity index (χ0v) is 22.1. The SMILES string of the molecule is CC1C(=O)OC(=O)C1C1C2CCC(C2)C1C(CC1C(C)C2CC1C1COC(=O)C21)C(=O)OC(C)(C)C. The molecule has 36 heavy (non-hydrogen) atoms. The summed E-state index contributed by atoms with van der Waals surface area (Å²) in [5, 5.41) is 0. The second-order valence-corrected chi connectivity index (χ2v) is 13.8. The normalized spacial score (nSPS) is 47.8. The van der Waals surface area contributed by atoms with Crippen LogP contribution in [0, 0.1) is 76.9 Å². The summed E-state index contributed by atoms with van der Waals surface area (Å²) < 4.78 is 16.6. The second-order valence-electron chi connectivity index (χ2n) is 13.8. The van der Waals surface area contributed by atoms with Gasteiger partial charge >= 0.3 is 23.9 Å². The average Bonchev–Trinajstić information content (AvgIpc) is 3.60. The van der Waals surface area contributed by atoms with Crippen LogP contribution in [0.15, 0.2) is 0 Å². The smallest absolute Gasteiger partial charge is 0.317 e. The monoisotopic (exact) mass is 500 g/mol. The van der Waals surface area contributed by atoms with E-state index in [-0.39, 0.29) is 41.5 Å². The van der Waals surface area contributed by atoms with Crippen LogP contribution in [0.25, 0.3) is 0 Å². The molecule has 4 saturated carbocycles. The van der Waals surface area contributed by atoms with Gasteiger partial charge in [-0.05, 0) is 100 Å². The Morgan fingerprint density at radius 2 is 1.67 bits per heavy atom. The highest BCUT2D eigenvalue weighted by atomic mass is 16.6. The maximum absolute atomic E-state index is 13.9. The zero-order valence-electron chi connectivity index (χ0n) is 22.1. The van der Waals surface area contributed by atoms with Crippen molar-refractivity contribution in [2.24, 2.45) is 76.9 Å². The van der Waals surface area contributed by atoms with Crippen molar-refractivity contribution < 1.29 is 33.4 Å². The van der Waals surface area contributed by atoms with Crippen molar-refractivity contribution in [1.82, 2.24) is 0 Å². The summed E-state index contributed by atoms with van der Waals surface area (Å²) in [5.41, 5.74) is -0.602. The Morgan fingerprint density at radius 1 is 0.944 bits per heavy atom. The van der Waals surface area contributed by atoms with Gasteiger partial charge in [-0.3, -0.25) is 19.2 Å². The van der Waals surface area contributed by atoms with Crippen molar-refractivity contribution in [2.75, 3.05) is 6.61 Å². The number of cyclic esters (lactones) is 3. The van der Waals surface area contributed by atoms with Gasteiger partial charge in [-0.25, -0.2) is 0 Å². The highest BCUT2D eigenvalue weighted by molar-refractivity contribution is 5.96. The van der Waals surface area contributed by atoms with Crippen LogP contribution in [-0.2, 0) is 33.4 Å². The lowest BCUT2D eigenvalue weighted by atomic mass is 9.61. The molecule has 2 aliphatic heterocycles. The fraction of sp³-hybridized carbons (Fsp3) is 0.862. The molecule has 0 aromatic rings. The molecule has 7 heteroatoms. The lowest BCUT2D eigenvalue weighted by Gasteiger charge is -2.42. The zero-order chi connectivity index (χ0) is 25.7. The van der Waals surface area contributed by atoms with E-state index in [1.54, 1.807) is 6.92 Å². The topological polar surface area (TPSA) is 96.0 Å². The van der Waals surface area contributed by atoms with Crippen molar-refractivity contribution in [3.63, 3.8) is 0 Å². The summed E-state index contributed by atoms with van der Waals surface area (Å²) in [6, 6.07) is 0. The first kappa shape index (κ1) is 24.4. The highest BCUT2D eigenvalue weighted by Crippen LogP contribution is 2.64. The third-order valence-electron chi connectivity index (χ3n) is 11.2. The molecule has 4 aliphatic carbocycles. The van der Waals surface area contributed by atoms with Crippen LogP contribution in [0.2, 0.25) is 0 Å². The van der Waals surface area contributed by atoms with Crippen LogP contribution in [0.5, 0.6) is 0 Å². The Balaban J connectivity index is 1.32. The molecule has 0 aromatic heterocycles. The van der Waals surface area contributed by atoms with Crippen molar-refractivity contribution in [3.05, 3.63) is 0 Å². The minimum absolute atomic E-state index is 0.0201. The maximum Gasteiger partial charge on any atom is 0.317 e. The maximum atomic E-state index is 13.9. The molecule has 13 unspecified atom stereocenters. The number of carbonyl (C=O) groups is 4. The molecular formula is C29H40O7. The number of carbonyl (C=O) groups excluding carboxylic acids is 4. The van der Waals surface area contributed by atoms with Gasteiger partial charge in [0.15, 0.2) is 0 Å². The van der Waals surface area contributed by atoms with Gasteiger partial charge in [0.1, 0.15) is 5.60 Å². The molecule has 6 fully saturated rings. The van der Waals surface area contributed by atoms with Crippen LogP contribution in [0.4, 0.5) is 0 Å². The molecule has 2 heterocycles. The molecule has 6 rings (SSSR count). The molecule has 2 saturated heterocycles. The first-order valence-corrected chi connectivity index (χ1v) is 14.1. The van der Waals surface area contributed by atoms with Gasteiger partial charge in [0.25, 0.3) is 0 Å². The Bertz CT molecular complexity index is 981. The van der Waals surface area contributed by atoms with Crippen molar-refractivity contribution in [2.45, 2.75) is 72.3 Å². The standard InChI is InChI=1S/C29H40O7/c1-12-16(18-10-17(12)24-20(18)11-34-27(24)32)9-19(26(31)36-29(3,4)5)22-14-6-7-15(8-14)23(22)21-13(2)25(30)35-28(21)33/h12-24H,6-11H2,1-5H3. The summed E-state index contributed by atoms with van der Waals surface area (Å²) in [6.07, 6.45) is 4.89. The quantitative estimate of drug-likeness (QED) is 0.320. The van der Waals surface area contributed by atoms with Crippen molar-refractivity contribution >= 4 is 23.9 Å². The number of fused-ring (bicyclic) bond motifs is 7. The lowest BCUT2D eigenvalue weighted by molar-refractivity contribution is -0.167. The molecule has 4 bridgehead atoms. The minimum atomic E-state index is -0.602. The number of ether oxygens (including phenoxy) is 3. The van der Waals surface area contributed by atoms with Crippen LogP contribution < -0.4 is 0 Å². The van der Waals surface area contributed by atoms with E-state index in [4.69, 9.17) is 14.2 Å². The summed E-state index contributed by atoms with van der Waals surface area (Å²) >= 11 is 0. The van der Waals surface area contributed by atoms with E-state index in [2.05, 4.69) is 6.92 Å². The molecule has 0 radical (unpaired) electrons. The highest BCUT2D eigenvalue weighted by Gasteiger charge is 2.64. The Hall–Kier alpha value is -1.92. The van der Waals surface area contributed by atoms with Crippen LogP contribution in [-0.4, -0.2) is 36.1 Å². The predicted molar refractivity (Wildman–Crippen MR) is 128 cm³/mol. The molecular weight excluding hydrogens is 460 g/mol. The summed E-state index contributed by atoms with van der Waals surface area (Å²) in [5.74, 6) is 0.116. The average molecular weight is 501 g/mol. The van der Waals surface area contributed by atoms with Crippen LogP contribution >= 0.6 is 0 Å². The van der Waals surface area contributed by atoms with E-state index in [0.717, 1.165) is 32.1 Å². The van der Waals surface area contributed by atoms with Gasteiger partial charge in [-0.2, -0.15) is 0 Å². The summed E-state index contributed by atoms with van der Waals surface area (Å²) in [6.45, 7) is 10.3. The lowest BCUT2D eigenvalue weighted by Crippen LogP contribution is -2.44. The van der Waals surface area contributed by atoms with Gasteiger partial charge in [0, 0.05) is 5.92 Å². The largest absolute Gasteiger partial charge is 0.465 e. The summed E-state index contributed by atoms with van der Waals surface area (Å²) in [4.78, 5) is 51.5. The van der Waals surface area contributed by atoms with Gasteiger partial charge in [-0.1, -0.05) is 13.8 Å².